The summed E-state index contributed by atoms with van der Waals surface area (Å²) < 4.78 is 55.0. The summed E-state index contributed by atoms with van der Waals surface area (Å²) in [6.45, 7) is 0.105. The fourth-order valence-electron chi connectivity index (χ4n) is 4.15. The van der Waals surface area contributed by atoms with Crippen LogP contribution in [-0.2, 0) is 16.9 Å². The number of alkyl halides is 3. The highest BCUT2D eigenvalue weighted by Crippen LogP contribution is 2.42. The van der Waals surface area contributed by atoms with Gasteiger partial charge in [-0.15, -0.1) is 0 Å². The van der Waals surface area contributed by atoms with Gasteiger partial charge in [0, 0.05) is 37.0 Å². The molecular weight excluding hydrogens is 466 g/mol. The quantitative estimate of drug-likeness (QED) is 0.325. The standard InChI is InChI=1S/C24H21F4N5O2/c1-3-19(34)18-11-16(12-33(18)13-23(26,27)28)24(21(35)32(2)22(29)31-24)15-7-4-6-14(10-15)17-8-5-9-30-20(17)25/h4-12H,3,13H2,1-2H3,(H2,29,31). The number of pyridine rings is 1. The van der Waals surface area contributed by atoms with Gasteiger partial charge in [-0.25, -0.2) is 9.98 Å². The molecule has 35 heavy (non-hydrogen) atoms. The molecule has 0 radical (unpaired) electrons. The molecule has 1 atom stereocenters. The Morgan fingerprint density at radius 1 is 1.14 bits per heavy atom. The lowest BCUT2D eigenvalue weighted by Crippen LogP contribution is -2.41. The van der Waals surface area contributed by atoms with E-state index in [-0.39, 0.29) is 34.8 Å². The van der Waals surface area contributed by atoms with Gasteiger partial charge in [0.1, 0.15) is 6.54 Å². The Balaban J connectivity index is 1.96. The number of ketones is 1. The number of hydrogen-bond donors (Lipinski definition) is 1. The van der Waals surface area contributed by atoms with Gasteiger partial charge in [0.05, 0.1) is 5.69 Å². The van der Waals surface area contributed by atoms with Crippen molar-refractivity contribution >= 4 is 17.6 Å². The second kappa shape index (κ2) is 8.64. The van der Waals surface area contributed by atoms with Crippen LogP contribution in [0.1, 0.15) is 35.0 Å². The molecule has 1 unspecified atom stereocenters. The minimum absolute atomic E-state index is 0.0384. The number of guanidine groups is 1. The van der Waals surface area contributed by atoms with E-state index in [1.54, 1.807) is 24.3 Å². The van der Waals surface area contributed by atoms with Crippen molar-refractivity contribution in [3.8, 4) is 11.1 Å². The molecule has 0 aliphatic carbocycles. The third kappa shape index (κ3) is 4.17. The van der Waals surface area contributed by atoms with Gasteiger partial charge in [0.15, 0.2) is 17.3 Å². The highest BCUT2D eigenvalue weighted by atomic mass is 19.4. The van der Waals surface area contributed by atoms with Gasteiger partial charge in [-0.1, -0.05) is 25.1 Å². The number of amides is 1. The minimum Gasteiger partial charge on any atom is -0.369 e. The van der Waals surface area contributed by atoms with Crippen molar-refractivity contribution in [1.82, 2.24) is 14.5 Å². The number of rotatable bonds is 6. The number of halogens is 4. The molecule has 1 amide bonds. The van der Waals surface area contributed by atoms with E-state index in [0.717, 1.165) is 15.7 Å². The van der Waals surface area contributed by atoms with E-state index >= 15 is 0 Å². The Bertz CT molecular complexity index is 1350. The average Bonchev–Trinajstić information content (AvgIpc) is 3.32. The van der Waals surface area contributed by atoms with Crippen LogP contribution < -0.4 is 5.73 Å². The fourth-order valence-corrected chi connectivity index (χ4v) is 4.15. The molecule has 0 fully saturated rings. The number of benzene rings is 1. The van der Waals surface area contributed by atoms with Gasteiger partial charge in [-0.3, -0.25) is 14.5 Å². The first kappa shape index (κ1) is 24.1. The predicted octanol–water partition coefficient (Wildman–Crippen LogP) is 3.87. The summed E-state index contributed by atoms with van der Waals surface area (Å²) in [5.41, 5.74) is 4.71. The first-order chi connectivity index (χ1) is 16.5. The van der Waals surface area contributed by atoms with Crippen LogP contribution in [0.5, 0.6) is 0 Å². The molecule has 1 aliphatic heterocycles. The number of nitrogens with zero attached hydrogens (tertiary/aromatic N) is 4. The molecule has 0 saturated heterocycles. The number of hydrogen-bond acceptors (Lipinski definition) is 5. The zero-order chi connectivity index (χ0) is 25.5. The Kier molecular flexibility index (Phi) is 5.95. The van der Waals surface area contributed by atoms with Crippen LogP contribution in [0.15, 0.2) is 59.9 Å². The van der Waals surface area contributed by atoms with E-state index in [2.05, 4.69) is 9.98 Å². The maximum Gasteiger partial charge on any atom is 0.406 e. The minimum atomic E-state index is -4.61. The monoisotopic (exact) mass is 487 g/mol. The fraction of sp³-hybridized carbons (Fsp3) is 0.250. The number of aromatic nitrogens is 2. The number of likely N-dealkylation sites (N-methyl/N-ethyl adjacent to an activating group) is 1. The molecule has 0 spiro atoms. The summed E-state index contributed by atoms with van der Waals surface area (Å²) in [4.78, 5) is 35.1. The van der Waals surface area contributed by atoms with Gasteiger partial charge in [-0.05, 0) is 35.4 Å². The van der Waals surface area contributed by atoms with Crippen molar-refractivity contribution in [3.63, 3.8) is 0 Å². The molecule has 2 N–H and O–H groups in total. The Morgan fingerprint density at radius 3 is 2.49 bits per heavy atom. The van der Waals surface area contributed by atoms with E-state index in [0.29, 0.717) is 5.56 Å². The molecule has 182 valence electrons. The molecule has 3 aromatic rings. The van der Waals surface area contributed by atoms with E-state index < -0.39 is 35.9 Å². The lowest BCUT2D eigenvalue weighted by atomic mass is 9.83. The summed E-state index contributed by atoms with van der Waals surface area (Å²) in [6, 6.07) is 10.5. The Hall–Kier alpha value is -4.02. The van der Waals surface area contributed by atoms with Crippen molar-refractivity contribution in [2.24, 2.45) is 10.7 Å². The number of aliphatic imine (C=N–C) groups is 1. The Labute approximate surface area is 197 Å². The highest BCUT2D eigenvalue weighted by Gasteiger charge is 2.50. The van der Waals surface area contributed by atoms with Gasteiger partial charge >= 0.3 is 6.18 Å². The summed E-state index contributed by atoms with van der Waals surface area (Å²) in [6.07, 6.45) is -2.26. The van der Waals surface area contributed by atoms with Crippen LogP contribution in [0.4, 0.5) is 17.6 Å². The van der Waals surface area contributed by atoms with Crippen LogP contribution >= 0.6 is 0 Å². The normalized spacial score (nSPS) is 18.2. The molecule has 1 aliphatic rings. The molecule has 0 saturated carbocycles. The van der Waals surface area contributed by atoms with Crippen LogP contribution in [0.3, 0.4) is 0 Å². The van der Waals surface area contributed by atoms with Gasteiger partial charge < -0.3 is 10.3 Å². The number of carbonyl (C=O) groups excluding carboxylic acids is 2. The van der Waals surface area contributed by atoms with Crippen LogP contribution in [0, 0.1) is 5.95 Å². The molecule has 0 bridgehead atoms. The predicted molar refractivity (Wildman–Crippen MR) is 120 cm³/mol. The van der Waals surface area contributed by atoms with Crippen LogP contribution in [0.25, 0.3) is 11.1 Å². The average molecular weight is 487 g/mol. The summed E-state index contributed by atoms with van der Waals surface area (Å²) in [5, 5.41) is 0. The first-order valence-corrected chi connectivity index (χ1v) is 10.6. The van der Waals surface area contributed by atoms with Crippen LogP contribution in [0.2, 0.25) is 0 Å². The third-order valence-corrected chi connectivity index (χ3v) is 5.86. The summed E-state index contributed by atoms with van der Waals surface area (Å²) >= 11 is 0. The largest absolute Gasteiger partial charge is 0.406 e. The second-order valence-corrected chi connectivity index (χ2v) is 8.10. The summed E-state index contributed by atoms with van der Waals surface area (Å²) in [5.74, 6) is -2.04. The van der Waals surface area contributed by atoms with Crippen molar-refractivity contribution in [2.75, 3.05) is 7.05 Å². The molecule has 1 aromatic carbocycles. The maximum absolute atomic E-state index is 14.4. The number of carbonyl (C=O) groups is 2. The highest BCUT2D eigenvalue weighted by molar-refractivity contribution is 6.09. The Morgan fingerprint density at radius 2 is 1.89 bits per heavy atom. The number of nitrogens with two attached hydrogens (primary N) is 1. The molecule has 3 heterocycles. The van der Waals surface area contributed by atoms with Crippen molar-refractivity contribution in [2.45, 2.75) is 31.6 Å². The molecular formula is C24H21F4N5O2. The third-order valence-electron chi connectivity index (χ3n) is 5.86. The van der Waals surface area contributed by atoms with Crippen LogP contribution in [-0.4, -0.2) is 45.3 Å². The smallest absolute Gasteiger partial charge is 0.369 e. The van der Waals surface area contributed by atoms with Gasteiger partial charge in [0.25, 0.3) is 5.91 Å². The molecule has 11 heteroatoms. The zero-order valence-corrected chi connectivity index (χ0v) is 18.8. The summed E-state index contributed by atoms with van der Waals surface area (Å²) in [7, 11) is 1.39. The maximum atomic E-state index is 14.4. The molecule has 4 rings (SSSR count). The second-order valence-electron chi connectivity index (χ2n) is 8.10. The zero-order valence-electron chi connectivity index (χ0n) is 18.8. The topological polar surface area (TPSA) is 93.6 Å². The number of Topliss-reactive ketones (excluding diaryl/α,β-unsaturated/α-hetero) is 1. The van der Waals surface area contributed by atoms with E-state index in [1.165, 1.54) is 38.4 Å². The first-order valence-electron chi connectivity index (χ1n) is 10.6. The van der Waals surface area contributed by atoms with E-state index in [4.69, 9.17) is 5.73 Å². The lowest BCUT2D eigenvalue weighted by molar-refractivity contribution is -0.140. The molecule has 2 aromatic heterocycles. The van der Waals surface area contributed by atoms with Crippen molar-refractivity contribution in [1.29, 1.82) is 0 Å². The van der Waals surface area contributed by atoms with E-state index in [9.17, 15) is 27.2 Å². The van der Waals surface area contributed by atoms with E-state index in [1.807, 2.05) is 0 Å². The lowest BCUT2D eigenvalue weighted by Gasteiger charge is -2.25. The SMILES string of the molecule is CCC(=O)c1cc(C2(c3cccc(-c4cccnc4F)c3)N=C(N)N(C)C2=O)cn1CC(F)(F)F. The van der Waals surface area contributed by atoms with Gasteiger partial charge in [0.2, 0.25) is 5.95 Å². The van der Waals surface area contributed by atoms with Gasteiger partial charge in [-0.2, -0.15) is 17.6 Å². The molecule has 7 nitrogen and oxygen atoms in total. The van der Waals surface area contributed by atoms with Crippen molar-refractivity contribution < 1.29 is 27.2 Å². The van der Waals surface area contributed by atoms with Crippen molar-refractivity contribution in [3.05, 3.63) is 77.6 Å².